The van der Waals surface area contributed by atoms with E-state index in [1.165, 1.54) is 4.57 Å². The van der Waals surface area contributed by atoms with Crippen LogP contribution in [0.2, 0.25) is 0 Å². The van der Waals surface area contributed by atoms with Crippen LogP contribution in [0, 0.1) is 0 Å². The number of halogens is 6. The molecule has 0 aliphatic heterocycles. The molecule has 0 saturated heterocycles. The fraction of sp³-hybridized carbons (Fsp3) is 0.294. The number of imidazole rings is 1. The molecule has 4 aromatic rings. The summed E-state index contributed by atoms with van der Waals surface area (Å²) in [4.78, 5) is 7.48. The van der Waals surface area contributed by atoms with Gasteiger partial charge in [-0.15, -0.1) is 22.7 Å². The van der Waals surface area contributed by atoms with Gasteiger partial charge in [-0.05, 0) is 30.2 Å². The number of hydrogen-bond donors (Lipinski definition) is 0. The van der Waals surface area contributed by atoms with Gasteiger partial charge in [0.05, 0.1) is 21.9 Å². The highest BCUT2D eigenvalue weighted by molar-refractivity contribution is 7.92. The molecule has 4 aromatic heterocycles. The van der Waals surface area contributed by atoms with Crippen molar-refractivity contribution in [3.05, 3.63) is 28.9 Å². The maximum absolute atomic E-state index is 13.1. The van der Waals surface area contributed by atoms with E-state index in [4.69, 9.17) is 0 Å². The second kappa shape index (κ2) is 7.11. The number of aromatic nitrogens is 3. The monoisotopic (exact) mass is 483 g/mol. The zero-order valence-electron chi connectivity index (χ0n) is 15.2. The van der Waals surface area contributed by atoms with Crippen LogP contribution in [0.4, 0.5) is 26.3 Å². The first-order chi connectivity index (χ1) is 13.9. The summed E-state index contributed by atoms with van der Waals surface area (Å²) in [5.41, 5.74) is -0.742. The molecule has 0 aliphatic carbocycles. The van der Waals surface area contributed by atoms with Crippen molar-refractivity contribution in [1.29, 1.82) is 0 Å². The molecule has 4 nitrogen and oxygen atoms in total. The summed E-state index contributed by atoms with van der Waals surface area (Å²) in [6.45, 7) is 1.64. The minimum Gasteiger partial charge on any atom is -0.611 e. The topological polar surface area (TPSA) is 53.8 Å². The van der Waals surface area contributed by atoms with Gasteiger partial charge in [0.25, 0.3) is 0 Å². The lowest BCUT2D eigenvalue weighted by Crippen LogP contribution is -2.07. The zero-order valence-corrected chi connectivity index (χ0v) is 17.6. The van der Waals surface area contributed by atoms with Gasteiger partial charge in [-0.2, -0.15) is 26.3 Å². The number of thiophene rings is 2. The van der Waals surface area contributed by atoms with Crippen molar-refractivity contribution >= 4 is 54.3 Å². The van der Waals surface area contributed by atoms with E-state index in [1.54, 1.807) is 14.0 Å². The van der Waals surface area contributed by atoms with Gasteiger partial charge in [0.1, 0.15) is 25.9 Å². The van der Waals surface area contributed by atoms with Gasteiger partial charge in [-0.25, -0.2) is 9.97 Å². The Morgan fingerprint density at radius 3 is 2.40 bits per heavy atom. The third kappa shape index (κ3) is 3.47. The van der Waals surface area contributed by atoms with E-state index in [0.29, 0.717) is 26.4 Å². The maximum Gasteiger partial charge on any atom is 0.433 e. The molecule has 0 saturated carbocycles. The molecule has 0 aromatic carbocycles. The standard InChI is InChI=1S/C17H11F6N3OS3/c1-3-30(27)14-12-9(5-11(29-12)17(21,22)23)28-13(14)15-25-7-4-10(16(18,19)20)24-6-8(7)26(15)2/h4-6H,3H2,1-2H3. The molecule has 0 amide bonds. The summed E-state index contributed by atoms with van der Waals surface area (Å²) in [7, 11) is 1.56. The first-order valence-electron chi connectivity index (χ1n) is 8.33. The third-order valence-corrected chi connectivity index (χ3v) is 8.46. The lowest BCUT2D eigenvalue weighted by atomic mass is 10.3. The maximum atomic E-state index is 13.1. The quantitative estimate of drug-likeness (QED) is 0.262. The smallest absolute Gasteiger partial charge is 0.433 e. The molecule has 0 aliphatic rings. The fourth-order valence-electron chi connectivity index (χ4n) is 2.95. The Bertz CT molecular complexity index is 1250. The van der Waals surface area contributed by atoms with Gasteiger partial charge in [0, 0.05) is 7.05 Å². The molecule has 30 heavy (non-hydrogen) atoms. The van der Waals surface area contributed by atoms with E-state index in [0.717, 1.165) is 29.7 Å². The van der Waals surface area contributed by atoms with Crippen molar-refractivity contribution in [1.82, 2.24) is 14.5 Å². The van der Waals surface area contributed by atoms with E-state index in [-0.39, 0.29) is 26.7 Å². The Labute approximate surface area is 176 Å². The van der Waals surface area contributed by atoms with Crippen LogP contribution in [0.1, 0.15) is 17.5 Å². The highest BCUT2D eigenvalue weighted by atomic mass is 32.2. The number of pyridine rings is 1. The van der Waals surface area contributed by atoms with E-state index in [9.17, 15) is 30.9 Å². The fourth-order valence-corrected chi connectivity index (χ4v) is 7.04. The predicted molar refractivity (Wildman–Crippen MR) is 104 cm³/mol. The van der Waals surface area contributed by atoms with Gasteiger partial charge in [-0.3, -0.25) is 0 Å². The first-order valence-corrected chi connectivity index (χ1v) is 11.3. The molecule has 4 rings (SSSR count). The number of alkyl halides is 6. The van der Waals surface area contributed by atoms with Crippen LogP contribution in [0.3, 0.4) is 0 Å². The molecule has 160 valence electrons. The normalized spacial score (nSPS) is 14.2. The van der Waals surface area contributed by atoms with Crippen LogP contribution < -0.4 is 0 Å². The largest absolute Gasteiger partial charge is 0.611 e. The molecule has 1 unspecified atom stereocenters. The highest BCUT2D eigenvalue weighted by Crippen LogP contribution is 2.48. The summed E-state index contributed by atoms with van der Waals surface area (Å²) in [5.74, 6) is 0.395. The van der Waals surface area contributed by atoms with Crippen LogP contribution in [0.5, 0.6) is 0 Å². The second-order valence-electron chi connectivity index (χ2n) is 6.25. The summed E-state index contributed by atoms with van der Waals surface area (Å²) < 4.78 is 93.0. The summed E-state index contributed by atoms with van der Waals surface area (Å²) in [6.07, 6.45) is -8.12. The van der Waals surface area contributed by atoms with Crippen LogP contribution in [-0.4, -0.2) is 24.8 Å². The molecule has 0 radical (unpaired) electrons. The van der Waals surface area contributed by atoms with Crippen molar-refractivity contribution in [3.8, 4) is 10.7 Å². The zero-order chi connectivity index (χ0) is 22.0. The molecule has 13 heteroatoms. The average molecular weight is 483 g/mol. The van der Waals surface area contributed by atoms with E-state index in [1.807, 2.05) is 0 Å². The van der Waals surface area contributed by atoms with Crippen LogP contribution in [0.15, 0.2) is 23.2 Å². The van der Waals surface area contributed by atoms with E-state index in [2.05, 4.69) is 9.97 Å². The van der Waals surface area contributed by atoms with Gasteiger partial charge >= 0.3 is 12.4 Å². The lowest BCUT2D eigenvalue weighted by molar-refractivity contribution is -0.141. The van der Waals surface area contributed by atoms with Crippen molar-refractivity contribution < 1.29 is 30.9 Å². The average Bonchev–Trinajstić information content (AvgIpc) is 3.30. The van der Waals surface area contributed by atoms with Gasteiger partial charge in [0.15, 0.2) is 10.7 Å². The van der Waals surface area contributed by atoms with Gasteiger partial charge < -0.3 is 9.12 Å². The molecule has 0 fully saturated rings. The molecular weight excluding hydrogens is 472 g/mol. The van der Waals surface area contributed by atoms with E-state index >= 15 is 0 Å². The number of rotatable bonds is 3. The number of hydrogen-bond acceptors (Lipinski definition) is 5. The molecular formula is C17H11F6N3OS3. The van der Waals surface area contributed by atoms with Crippen LogP contribution >= 0.6 is 22.7 Å². The Hall–Kier alpha value is -1.83. The Balaban J connectivity index is 1.95. The second-order valence-corrected chi connectivity index (χ2v) is 10.0. The Kier molecular flexibility index (Phi) is 5.07. The molecule has 0 N–H and O–H groups in total. The summed E-state index contributed by atoms with van der Waals surface area (Å²) in [5, 5.41) is 0. The van der Waals surface area contributed by atoms with Crippen molar-refractivity contribution in [2.24, 2.45) is 7.05 Å². The molecule has 0 spiro atoms. The number of fused-ring (bicyclic) bond motifs is 2. The summed E-state index contributed by atoms with van der Waals surface area (Å²) >= 11 is -0.112. The van der Waals surface area contributed by atoms with Gasteiger partial charge in [-0.1, -0.05) is 0 Å². The van der Waals surface area contributed by atoms with Crippen molar-refractivity contribution in [2.45, 2.75) is 24.2 Å². The Morgan fingerprint density at radius 2 is 1.80 bits per heavy atom. The van der Waals surface area contributed by atoms with Crippen molar-refractivity contribution in [3.63, 3.8) is 0 Å². The molecule has 0 bridgehead atoms. The van der Waals surface area contributed by atoms with Crippen molar-refractivity contribution in [2.75, 3.05) is 5.75 Å². The number of nitrogens with zero attached hydrogens (tertiary/aromatic N) is 3. The SMILES string of the molecule is CC[S+]([O-])c1c(-c2nc3cc(C(F)(F)F)ncc3n2C)sc2cc(C(F)(F)F)sc12. The van der Waals surface area contributed by atoms with Crippen LogP contribution in [-0.2, 0) is 30.6 Å². The summed E-state index contributed by atoms with van der Waals surface area (Å²) in [6, 6.07) is 1.81. The lowest BCUT2D eigenvalue weighted by Gasteiger charge is -2.09. The predicted octanol–water partition coefficient (Wildman–Crippen LogP) is 6.08. The molecule has 1 atom stereocenters. The Morgan fingerprint density at radius 1 is 1.10 bits per heavy atom. The highest BCUT2D eigenvalue weighted by Gasteiger charge is 2.37. The minimum atomic E-state index is -4.64. The first kappa shape index (κ1) is 21.4. The van der Waals surface area contributed by atoms with E-state index < -0.39 is 34.1 Å². The number of aryl methyl sites for hydroxylation is 1. The van der Waals surface area contributed by atoms with Crippen LogP contribution in [0.25, 0.3) is 31.1 Å². The third-order valence-electron chi connectivity index (χ3n) is 4.35. The van der Waals surface area contributed by atoms with Gasteiger partial charge in [0.2, 0.25) is 0 Å². The molecule has 4 heterocycles. The minimum absolute atomic E-state index is 0.0378.